The normalized spacial score (nSPS) is 10.7. The SMILES string of the molecule is Nc1ncccc1-c1nnnn1-c1cccc(Cl)c1Cl. The minimum absolute atomic E-state index is 0.335. The molecule has 3 aromatic rings. The number of nitrogens with two attached hydrogens (primary N) is 1. The van der Waals surface area contributed by atoms with Gasteiger partial charge in [0.1, 0.15) is 5.82 Å². The lowest BCUT2D eigenvalue weighted by Crippen LogP contribution is -2.03. The number of benzene rings is 1. The van der Waals surface area contributed by atoms with Crippen molar-refractivity contribution in [3.8, 4) is 17.1 Å². The highest BCUT2D eigenvalue weighted by atomic mass is 35.5. The van der Waals surface area contributed by atoms with Crippen LogP contribution in [-0.4, -0.2) is 25.2 Å². The van der Waals surface area contributed by atoms with Gasteiger partial charge in [-0.05, 0) is 34.7 Å². The molecule has 100 valence electrons. The molecular weight excluding hydrogens is 299 g/mol. The highest BCUT2D eigenvalue weighted by Crippen LogP contribution is 2.31. The molecule has 0 fully saturated rings. The molecule has 0 amide bonds. The molecule has 0 atom stereocenters. The molecule has 0 saturated carbocycles. The van der Waals surface area contributed by atoms with E-state index in [4.69, 9.17) is 28.9 Å². The first kappa shape index (κ1) is 12.8. The Bertz CT molecular complexity index is 770. The van der Waals surface area contributed by atoms with Crippen molar-refractivity contribution in [1.29, 1.82) is 0 Å². The predicted octanol–water partition coefficient (Wildman–Crippen LogP) is 2.61. The molecule has 0 aliphatic heterocycles. The summed E-state index contributed by atoms with van der Waals surface area (Å²) in [6.07, 6.45) is 1.60. The van der Waals surface area contributed by atoms with Crippen LogP contribution >= 0.6 is 23.2 Å². The van der Waals surface area contributed by atoms with E-state index < -0.39 is 0 Å². The van der Waals surface area contributed by atoms with E-state index >= 15 is 0 Å². The minimum Gasteiger partial charge on any atom is -0.383 e. The van der Waals surface area contributed by atoms with Gasteiger partial charge in [-0.1, -0.05) is 29.3 Å². The summed E-state index contributed by atoms with van der Waals surface area (Å²) in [5.41, 5.74) is 7.04. The zero-order chi connectivity index (χ0) is 14.1. The molecule has 0 aliphatic carbocycles. The molecule has 20 heavy (non-hydrogen) atoms. The van der Waals surface area contributed by atoms with Crippen molar-refractivity contribution < 1.29 is 0 Å². The molecule has 6 nitrogen and oxygen atoms in total. The Balaban J connectivity index is 2.21. The van der Waals surface area contributed by atoms with Gasteiger partial charge in [0.2, 0.25) is 0 Å². The van der Waals surface area contributed by atoms with Crippen molar-refractivity contribution in [1.82, 2.24) is 25.2 Å². The van der Waals surface area contributed by atoms with Crippen LogP contribution in [-0.2, 0) is 0 Å². The second kappa shape index (κ2) is 5.07. The Morgan fingerprint density at radius 2 is 1.95 bits per heavy atom. The second-order valence-corrected chi connectivity index (χ2v) is 4.71. The standard InChI is InChI=1S/C12H8Cl2N6/c13-8-4-1-5-9(10(8)14)20-12(17-18-19-20)7-3-2-6-16-11(7)15/h1-6H,(H2,15,16). The molecule has 2 aromatic heterocycles. The van der Waals surface area contributed by atoms with Crippen LogP contribution in [0.25, 0.3) is 17.1 Å². The van der Waals surface area contributed by atoms with Crippen LogP contribution in [0.15, 0.2) is 36.5 Å². The molecule has 0 spiro atoms. The fraction of sp³-hybridized carbons (Fsp3) is 0. The van der Waals surface area contributed by atoms with Gasteiger partial charge in [-0.3, -0.25) is 0 Å². The van der Waals surface area contributed by atoms with E-state index in [0.717, 1.165) is 0 Å². The van der Waals surface area contributed by atoms with Gasteiger partial charge < -0.3 is 5.73 Å². The molecule has 0 radical (unpaired) electrons. The average molecular weight is 307 g/mol. The predicted molar refractivity (Wildman–Crippen MR) is 76.8 cm³/mol. The van der Waals surface area contributed by atoms with E-state index in [1.54, 1.807) is 36.5 Å². The summed E-state index contributed by atoms with van der Waals surface area (Å²) in [5, 5.41) is 12.4. The summed E-state index contributed by atoms with van der Waals surface area (Å²) in [7, 11) is 0. The van der Waals surface area contributed by atoms with Gasteiger partial charge >= 0.3 is 0 Å². The van der Waals surface area contributed by atoms with E-state index in [2.05, 4.69) is 20.5 Å². The van der Waals surface area contributed by atoms with Crippen molar-refractivity contribution in [3.63, 3.8) is 0 Å². The molecule has 0 saturated heterocycles. The van der Waals surface area contributed by atoms with E-state index in [0.29, 0.717) is 32.9 Å². The summed E-state index contributed by atoms with van der Waals surface area (Å²) >= 11 is 12.2. The largest absolute Gasteiger partial charge is 0.383 e. The Morgan fingerprint density at radius 3 is 2.75 bits per heavy atom. The number of aromatic nitrogens is 5. The summed E-state index contributed by atoms with van der Waals surface area (Å²) in [5.74, 6) is 0.779. The number of nitrogen functional groups attached to an aromatic ring is 1. The second-order valence-electron chi connectivity index (χ2n) is 3.92. The molecule has 2 heterocycles. The summed E-state index contributed by atoms with van der Waals surface area (Å²) in [6, 6.07) is 8.76. The number of anilines is 1. The van der Waals surface area contributed by atoms with Crippen molar-refractivity contribution in [3.05, 3.63) is 46.6 Å². The summed E-state index contributed by atoms with van der Waals surface area (Å²) in [6.45, 7) is 0. The van der Waals surface area contributed by atoms with Gasteiger partial charge in [0.05, 0.1) is 21.3 Å². The van der Waals surface area contributed by atoms with E-state index in [-0.39, 0.29) is 0 Å². The zero-order valence-electron chi connectivity index (χ0n) is 10.0. The minimum atomic E-state index is 0.335. The first-order valence-electron chi connectivity index (χ1n) is 5.62. The molecule has 0 bridgehead atoms. The maximum absolute atomic E-state index is 6.19. The fourth-order valence-electron chi connectivity index (χ4n) is 1.78. The number of rotatable bonds is 2. The molecule has 0 unspecified atom stereocenters. The van der Waals surface area contributed by atoms with E-state index in [1.807, 2.05) is 0 Å². The van der Waals surface area contributed by atoms with E-state index in [1.165, 1.54) is 4.68 Å². The molecule has 2 N–H and O–H groups in total. The maximum Gasteiger partial charge on any atom is 0.190 e. The number of tetrazole rings is 1. The van der Waals surface area contributed by atoms with Crippen LogP contribution in [0.5, 0.6) is 0 Å². The Morgan fingerprint density at radius 1 is 1.10 bits per heavy atom. The number of pyridine rings is 1. The van der Waals surface area contributed by atoms with Crippen molar-refractivity contribution in [2.75, 3.05) is 5.73 Å². The maximum atomic E-state index is 6.19. The number of nitrogens with zero attached hydrogens (tertiary/aromatic N) is 5. The monoisotopic (exact) mass is 306 g/mol. The average Bonchev–Trinajstić information content (AvgIpc) is 2.91. The molecular formula is C12H8Cl2N6. The molecule has 8 heteroatoms. The van der Waals surface area contributed by atoms with Gasteiger partial charge in [-0.2, -0.15) is 4.68 Å². The van der Waals surface area contributed by atoms with Crippen LogP contribution in [0.3, 0.4) is 0 Å². The van der Waals surface area contributed by atoms with Crippen LogP contribution in [0.1, 0.15) is 0 Å². The summed E-state index contributed by atoms with van der Waals surface area (Å²) in [4.78, 5) is 4.02. The lowest BCUT2D eigenvalue weighted by atomic mass is 10.2. The number of hydrogen-bond acceptors (Lipinski definition) is 5. The first-order valence-corrected chi connectivity index (χ1v) is 6.37. The lowest BCUT2D eigenvalue weighted by Gasteiger charge is -2.08. The third-order valence-electron chi connectivity index (χ3n) is 2.71. The summed E-state index contributed by atoms with van der Waals surface area (Å²) < 4.78 is 1.47. The van der Waals surface area contributed by atoms with Gasteiger partial charge in [0.25, 0.3) is 0 Å². The highest BCUT2D eigenvalue weighted by Gasteiger charge is 2.16. The van der Waals surface area contributed by atoms with Crippen LogP contribution in [0.2, 0.25) is 10.0 Å². The zero-order valence-corrected chi connectivity index (χ0v) is 11.5. The van der Waals surface area contributed by atoms with Crippen LogP contribution in [0.4, 0.5) is 5.82 Å². The first-order chi connectivity index (χ1) is 9.68. The number of halogens is 2. The molecule has 0 aliphatic rings. The fourth-order valence-corrected chi connectivity index (χ4v) is 2.16. The Kier molecular flexibility index (Phi) is 3.25. The number of hydrogen-bond donors (Lipinski definition) is 1. The van der Waals surface area contributed by atoms with Crippen molar-refractivity contribution in [2.24, 2.45) is 0 Å². The van der Waals surface area contributed by atoms with E-state index in [9.17, 15) is 0 Å². The van der Waals surface area contributed by atoms with Crippen LogP contribution < -0.4 is 5.73 Å². The van der Waals surface area contributed by atoms with Crippen molar-refractivity contribution in [2.45, 2.75) is 0 Å². The third kappa shape index (κ3) is 2.09. The lowest BCUT2D eigenvalue weighted by molar-refractivity contribution is 0.791. The Hall–Kier alpha value is -2.18. The van der Waals surface area contributed by atoms with Crippen molar-refractivity contribution >= 4 is 29.0 Å². The van der Waals surface area contributed by atoms with Gasteiger partial charge in [0, 0.05) is 6.20 Å². The molecule has 3 rings (SSSR count). The van der Waals surface area contributed by atoms with Crippen LogP contribution in [0, 0.1) is 0 Å². The third-order valence-corrected chi connectivity index (χ3v) is 3.52. The van der Waals surface area contributed by atoms with Gasteiger partial charge in [0.15, 0.2) is 5.82 Å². The quantitative estimate of drug-likeness (QED) is 0.787. The highest BCUT2D eigenvalue weighted by molar-refractivity contribution is 6.43. The smallest absolute Gasteiger partial charge is 0.190 e. The molecule has 1 aromatic carbocycles. The topological polar surface area (TPSA) is 82.5 Å². The van der Waals surface area contributed by atoms with Gasteiger partial charge in [-0.15, -0.1) is 5.10 Å². The van der Waals surface area contributed by atoms with Gasteiger partial charge in [-0.25, -0.2) is 4.98 Å². The Labute approximate surface area is 124 Å².